The summed E-state index contributed by atoms with van der Waals surface area (Å²) in [7, 11) is 0. The van der Waals surface area contributed by atoms with Crippen LogP contribution in [0.1, 0.15) is 26.3 Å². The van der Waals surface area contributed by atoms with Crippen molar-refractivity contribution in [1.29, 1.82) is 0 Å². The highest BCUT2D eigenvalue weighted by atomic mass is 35.5. The molecule has 2 N–H and O–H groups in total. The van der Waals surface area contributed by atoms with E-state index in [0.29, 0.717) is 0 Å². The zero-order valence-corrected chi connectivity index (χ0v) is 13.4. The summed E-state index contributed by atoms with van der Waals surface area (Å²) >= 11 is 0. The quantitative estimate of drug-likeness (QED) is 0.769. The number of rotatable bonds is 2. The van der Waals surface area contributed by atoms with Gasteiger partial charge in [0, 0.05) is 22.6 Å². The molecule has 3 heteroatoms. The summed E-state index contributed by atoms with van der Waals surface area (Å²) in [5.74, 6) is 0. The maximum Gasteiger partial charge on any atom is 0.0505 e. The second-order valence-corrected chi connectivity index (χ2v) is 5.93. The van der Waals surface area contributed by atoms with Gasteiger partial charge < -0.3 is 10.6 Å². The Balaban J connectivity index is 0.00000161. The molecule has 2 aromatic rings. The number of halogens is 1. The number of para-hydroxylation sites is 1. The molecule has 2 nitrogen and oxygen atoms in total. The summed E-state index contributed by atoms with van der Waals surface area (Å²) < 4.78 is 0. The van der Waals surface area contributed by atoms with E-state index in [0.717, 1.165) is 11.4 Å². The van der Waals surface area contributed by atoms with Gasteiger partial charge in [0.05, 0.1) is 5.54 Å². The van der Waals surface area contributed by atoms with E-state index in [1.807, 2.05) is 18.2 Å². The Morgan fingerprint density at radius 3 is 2.38 bits per heavy atom. The lowest BCUT2D eigenvalue weighted by molar-refractivity contribution is 0.707. The van der Waals surface area contributed by atoms with Gasteiger partial charge in [0.25, 0.3) is 0 Å². The second-order valence-electron chi connectivity index (χ2n) is 5.93. The summed E-state index contributed by atoms with van der Waals surface area (Å²) in [6.07, 6.45) is 2.28. The molecule has 2 aromatic carbocycles. The van der Waals surface area contributed by atoms with Gasteiger partial charge in [-0.2, -0.15) is 0 Å². The summed E-state index contributed by atoms with van der Waals surface area (Å²) in [5, 5.41) is 6.99. The Labute approximate surface area is 132 Å². The van der Waals surface area contributed by atoms with E-state index in [1.54, 1.807) is 0 Å². The molecular formula is C18H21ClN2. The average molecular weight is 301 g/mol. The molecule has 0 aliphatic carbocycles. The second kappa shape index (κ2) is 5.82. The Bertz CT molecular complexity index is 660. The van der Waals surface area contributed by atoms with Crippen LogP contribution in [0.2, 0.25) is 0 Å². The van der Waals surface area contributed by atoms with Crippen molar-refractivity contribution in [2.24, 2.45) is 0 Å². The maximum atomic E-state index is 3.55. The minimum absolute atomic E-state index is 0. The van der Waals surface area contributed by atoms with Crippen molar-refractivity contribution >= 4 is 35.0 Å². The van der Waals surface area contributed by atoms with Gasteiger partial charge in [0.1, 0.15) is 0 Å². The predicted octanol–water partition coefficient (Wildman–Crippen LogP) is 5.46. The first kappa shape index (κ1) is 15.5. The van der Waals surface area contributed by atoms with Crippen molar-refractivity contribution in [3.05, 3.63) is 60.2 Å². The molecule has 21 heavy (non-hydrogen) atoms. The van der Waals surface area contributed by atoms with Crippen LogP contribution >= 0.6 is 12.4 Å². The minimum atomic E-state index is 0. The zero-order valence-electron chi connectivity index (χ0n) is 12.6. The molecule has 1 heterocycles. The number of anilines is 3. The summed E-state index contributed by atoms with van der Waals surface area (Å²) in [5.41, 5.74) is 6.03. The lowest BCUT2D eigenvalue weighted by atomic mass is 9.91. The van der Waals surface area contributed by atoms with Crippen LogP contribution in [0.15, 0.2) is 54.6 Å². The van der Waals surface area contributed by atoms with E-state index in [1.165, 1.54) is 16.8 Å². The molecule has 0 saturated carbocycles. The molecule has 110 valence electrons. The third-order valence-corrected chi connectivity index (χ3v) is 3.54. The third kappa shape index (κ3) is 3.40. The normalized spacial score (nSPS) is 15.1. The van der Waals surface area contributed by atoms with E-state index in [4.69, 9.17) is 0 Å². The number of fused-ring (bicyclic) bond motifs is 1. The highest BCUT2D eigenvalue weighted by Gasteiger charge is 2.22. The minimum Gasteiger partial charge on any atom is -0.376 e. The fraction of sp³-hybridized carbons (Fsp3) is 0.222. The van der Waals surface area contributed by atoms with Crippen LogP contribution in [-0.2, 0) is 0 Å². The SMILES string of the molecule is CC1=CC(C)(C)Nc2ccc(Nc3ccccc3)cc21.Cl. The summed E-state index contributed by atoms with van der Waals surface area (Å²) in [6.45, 7) is 6.55. The van der Waals surface area contributed by atoms with Crippen LogP contribution in [0.25, 0.3) is 5.57 Å². The van der Waals surface area contributed by atoms with E-state index in [9.17, 15) is 0 Å². The number of nitrogens with one attached hydrogen (secondary N) is 2. The molecule has 0 amide bonds. The Hall–Kier alpha value is -1.93. The number of hydrogen-bond acceptors (Lipinski definition) is 2. The van der Waals surface area contributed by atoms with Crippen molar-refractivity contribution in [2.75, 3.05) is 10.6 Å². The van der Waals surface area contributed by atoms with Crippen molar-refractivity contribution in [3.63, 3.8) is 0 Å². The van der Waals surface area contributed by atoms with E-state index in [-0.39, 0.29) is 17.9 Å². The van der Waals surface area contributed by atoms with Crippen molar-refractivity contribution in [1.82, 2.24) is 0 Å². The number of hydrogen-bond donors (Lipinski definition) is 2. The van der Waals surface area contributed by atoms with Gasteiger partial charge in [-0.15, -0.1) is 12.4 Å². The highest BCUT2D eigenvalue weighted by Crippen LogP contribution is 2.35. The molecule has 1 aliphatic rings. The van der Waals surface area contributed by atoms with Gasteiger partial charge in [-0.1, -0.05) is 24.3 Å². The van der Waals surface area contributed by atoms with E-state index >= 15 is 0 Å². The largest absolute Gasteiger partial charge is 0.376 e. The highest BCUT2D eigenvalue weighted by molar-refractivity contribution is 5.85. The molecule has 0 saturated heterocycles. The van der Waals surface area contributed by atoms with Crippen LogP contribution in [0.3, 0.4) is 0 Å². The zero-order chi connectivity index (χ0) is 14.2. The fourth-order valence-corrected chi connectivity index (χ4v) is 2.75. The molecule has 1 aliphatic heterocycles. The first-order chi connectivity index (χ1) is 9.53. The maximum absolute atomic E-state index is 3.55. The number of benzene rings is 2. The Morgan fingerprint density at radius 2 is 1.67 bits per heavy atom. The van der Waals surface area contributed by atoms with E-state index in [2.05, 4.69) is 67.8 Å². The lowest BCUT2D eigenvalue weighted by Crippen LogP contribution is -2.31. The Kier molecular flexibility index (Phi) is 4.29. The molecule has 0 bridgehead atoms. The molecule has 0 aromatic heterocycles. The van der Waals surface area contributed by atoms with Crippen LogP contribution in [0.5, 0.6) is 0 Å². The fourth-order valence-electron chi connectivity index (χ4n) is 2.75. The lowest BCUT2D eigenvalue weighted by Gasteiger charge is -2.31. The number of allylic oxidation sites excluding steroid dienone is 1. The Morgan fingerprint density at radius 1 is 0.952 bits per heavy atom. The van der Waals surface area contributed by atoms with Gasteiger partial charge >= 0.3 is 0 Å². The molecule has 3 rings (SSSR count). The molecule has 0 radical (unpaired) electrons. The summed E-state index contributed by atoms with van der Waals surface area (Å²) in [4.78, 5) is 0. The monoisotopic (exact) mass is 300 g/mol. The van der Waals surface area contributed by atoms with Gasteiger partial charge in [-0.3, -0.25) is 0 Å². The smallest absolute Gasteiger partial charge is 0.0505 e. The van der Waals surface area contributed by atoms with Crippen molar-refractivity contribution in [3.8, 4) is 0 Å². The van der Waals surface area contributed by atoms with Crippen molar-refractivity contribution in [2.45, 2.75) is 26.3 Å². The van der Waals surface area contributed by atoms with Gasteiger partial charge in [0.2, 0.25) is 0 Å². The van der Waals surface area contributed by atoms with Gasteiger partial charge in [-0.25, -0.2) is 0 Å². The van der Waals surface area contributed by atoms with Gasteiger partial charge in [0.15, 0.2) is 0 Å². The molecular weight excluding hydrogens is 280 g/mol. The van der Waals surface area contributed by atoms with Crippen LogP contribution in [-0.4, -0.2) is 5.54 Å². The van der Waals surface area contributed by atoms with Gasteiger partial charge in [-0.05, 0) is 56.7 Å². The van der Waals surface area contributed by atoms with Crippen LogP contribution in [0.4, 0.5) is 17.1 Å². The first-order valence-corrected chi connectivity index (χ1v) is 6.98. The average Bonchev–Trinajstić information content (AvgIpc) is 2.40. The summed E-state index contributed by atoms with van der Waals surface area (Å²) in [6, 6.07) is 16.7. The standard InChI is InChI=1S/C18H20N2.ClH/c1-13-12-18(2,3)20-17-10-9-15(11-16(13)17)19-14-7-5-4-6-8-14;/h4-12,19-20H,1-3H3;1H. The molecule has 0 unspecified atom stereocenters. The van der Waals surface area contributed by atoms with Crippen LogP contribution < -0.4 is 10.6 Å². The molecule has 0 spiro atoms. The first-order valence-electron chi connectivity index (χ1n) is 6.98. The van der Waals surface area contributed by atoms with Crippen LogP contribution in [0, 0.1) is 0 Å². The van der Waals surface area contributed by atoms with E-state index < -0.39 is 0 Å². The van der Waals surface area contributed by atoms with Crippen molar-refractivity contribution < 1.29 is 0 Å². The third-order valence-electron chi connectivity index (χ3n) is 3.54. The molecule has 0 atom stereocenters. The topological polar surface area (TPSA) is 24.1 Å². The molecule has 0 fully saturated rings. The predicted molar refractivity (Wildman–Crippen MR) is 94.8 cm³/mol.